The standard InChI is InChI=1S/C28H33F2N3O3/c1-17-16-32(26(28(35)36)12-18-5-6-19-3-2-4-20(19)11-18)9-10-33(17)27(34)24-15-31-14-23(24)22-8-7-21(29)13-25(22)30/h5-8,11,13,17,23-24,26,31H,2-4,9-10,12,14-16H2,1H3,(H,35,36)/t17-,23-,24+,26-/m0/s1. The third-order valence-electron chi connectivity index (χ3n) is 8.15. The zero-order chi connectivity index (χ0) is 25.4. The Morgan fingerprint density at radius 1 is 1.08 bits per heavy atom. The molecule has 2 aromatic rings. The lowest BCUT2D eigenvalue weighted by molar-refractivity contribution is -0.147. The Kier molecular flexibility index (Phi) is 7.08. The lowest BCUT2D eigenvalue weighted by Gasteiger charge is -2.43. The second kappa shape index (κ2) is 10.3. The van der Waals surface area contributed by atoms with Gasteiger partial charge in [-0.2, -0.15) is 0 Å². The molecule has 36 heavy (non-hydrogen) atoms. The van der Waals surface area contributed by atoms with Crippen molar-refractivity contribution in [1.82, 2.24) is 15.1 Å². The molecule has 0 aromatic heterocycles. The van der Waals surface area contributed by atoms with E-state index in [2.05, 4.69) is 17.4 Å². The van der Waals surface area contributed by atoms with Gasteiger partial charge in [0.2, 0.25) is 5.91 Å². The zero-order valence-electron chi connectivity index (χ0n) is 20.6. The minimum atomic E-state index is -0.852. The molecule has 0 unspecified atom stereocenters. The van der Waals surface area contributed by atoms with Gasteiger partial charge in [0.1, 0.15) is 17.7 Å². The van der Waals surface area contributed by atoms with Crippen LogP contribution in [0.5, 0.6) is 0 Å². The molecule has 0 bridgehead atoms. The molecule has 1 aliphatic carbocycles. The van der Waals surface area contributed by atoms with Gasteiger partial charge in [-0.15, -0.1) is 0 Å². The van der Waals surface area contributed by atoms with E-state index in [-0.39, 0.29) is 17.9 Å². The number of carbonyl (C=O) groups excluding carboxylic acids is 1. The van der Waals surface area contributed by atoms with E-state index >= 15 is 0 Å². The van der Waals surface area contributed by atoms with Crippen LogP contribution < -0.4 is 5.32 Å². The van der Waals surface area contributed by atoms with Crippen molar-refractivity contribution in [1.29, 1.82) is 0 Å². The Labute approximate surface area is 210 Å². The average molecular weight is 498 g/mol. The number of benzene rings is 2. The summed E-state index contributed by atoms with van der Waals surface area (Å²) in [6, 6.07) is 9.03. The first-order valence-electron chi connectivity index (χ1n) is 12.9. The smallest absolute Gasteiger partial charge is 0.321 e. The number of fused-ring (bicyclic) bond motifs is 1. The van der Waals surface area contributed by atoms with E-state index in [4.69, 9.17) is 0 Å². The van der Waals surface area contributed by atoms with E-state index in [1.165, 1.54) is 23.3 Å². The van der Waals surface area contributed by atoms with Crippen LogP contribution in [0.15, 0.2) is 36.4 Å². The molecule has 2 saturated heterocycles. The van der Waals surface area contributed by atoms with Crippen LogP contribution in [0.25, 0.3) is 0 Å². The second-order valence-electron chi connectivity index (χ2n) is 10.4. The third-order valence-corrected chi connectivity index (χ3v) is 8.15. The summed E-state index contributed by atoms with van der Waals surface area (Å²) in [5.74, 6) is -2.99. The number of halogens is 2. The second-order valence-corrected chi connectivity index (χ2v) is 10.4. The van der Waals surface area contributed by atoms with Crippen LogP contribution >= 0.6 is 0 Å². The van der Waals surface area contributed by atoms with Crippen molar-refractivity contribution in [2.45, 2.75) is 50.6 Å². The molecule has 0 saturated carbocycles. The molecular weight excluding hydrogens is 464 g/mol. The number of aryl methyl sites for hydroxylation is 2. The van der Waals surface area contributed by atoms with E-state index < -0.39 is 29.6 Å². The van der Waals surface area contributed by atoms with E-state index in [9.17, 15) is 23.5 Å². The lowest BCUT2D eigenvalue weighted by Crippen LogP contribution is -2.59. The van der Waals surface area contributed by atoms with Crippen LogP contribution in [0.2, 0.25) is 0 Å². The van der Waals surface area contributed by atoms with Crippen LogP contribution in [0, 0.1) is 17.6 Å². The van der Waals surface area contributed by atoms with Gasteiger partial charge in [-0.3, -0.25) is 14.5 Å². The highest BCUT2D eigenvalue weighted by molar-refractivity contribution is 5.81. The van der Waals surface area contributed by atoms with Crippen molar-refractivity contribution in [3.05, 3.63) is 70.3 Å². The van der Waals surface area contributed by atoms with Gasteiger partial charge in [-0.25, -0.2) is 8.78 Å². The number of nitrogens with one attached hydrogen (secondary N) is 1. The summed E-state index contributed by atoms with van der Waals surface area (Å²) >= 11 is 0. The number of nitrogens with zero attached hydrogens (tertiary/aromatic N) is 2. The number of piperazine rings is 1. The number of hydrogen-bond acceptors (Lipinski definition) is 4. The van der Waals surface area contributed by atoms with Crippen LogP contribution in [-0.4, -0.2) is 71.6 Å². The van der Waals surface area contributed by atoms with Gasteiger partial charge >= 0.3 is 5.97 Å². The van der Waals surface area contributed by atoms with Crippen LogP contribution in [0.3, 0.4) is 0 Å². The van der Waals surface area contributed by atoms with Crippen molar-refractivity contribution < 1.29 is 23.5 Å². The van der Waals surface area contributed by atoms with Gasteiger partial charge < -0.3 is 15.3 Å². The first-order chi connectivity index (χ1) is 17.3. The SMILES string of the molecule is C[C@H]1CN([C@@H](Cc2ccc3c(c2)CCC3)C(=O)O)CCN1C(=O)[C@@H]1CNC[C@H]1c1ccc(F)cc1F. The van der Waals surface area contributed by atoms with Gasteiger partial charge in [-0.05, 0) is 60.9 Å². The highest BCUT2D eigenvalue weighted by atomic mass is 19.1. The van der Waals surface area contributed by atoms with E-state index in [1.807, 2.05) is 17.9 Å². The molecule has 4 atom stereocenters. The van der Waals surface area contributed by atoms with Crippen molar-refractivity contribution in [2.24, 2.45) is 5.92 Å². The topological polar surface area (TPSA) is 72.9 Å². The maximum absolute atomic E-state index is 14.5. The summed E-state index contributed by atoms with van der Waals surface area (Å²) in [5, 5.41) is 13.2. The van der Waals surface area contributed by atoms with E-state index in [0.29, 0.717) is 44.7 Å². The Hall–Kier alpha value is -2.84. The van der Waals surface area contributed by atoms with Crippen molar-refractivity contribution in [3.63, 3.8) is 0 Å². The molecule has 6 nitrogen and oxygen atoms in total. The molecule has 8 heteroatoms. The normalized spacial score (nSPS) is 25.1. The summed E-state index contributed by atoms with van der Waals surface area (Å²) in [5.41, 5.74) is 4.09. The highest BCUT2D eigenvalue weighted by Gasteiger charge is 2.41. The molecule has 2 fully saturated rings. The van der Waals surface area contributed by atoms with Gasteiger partial charge in [0.05, 0.1) is 5.92 Å². The molecule has 2 aromatic carbocycles. The van der Waals surface area contributed by atoms with Crippen molar-refractivity contribution >= 4 is 11.9 Å². The Morgan fingerprint density at radius 2 is 1.89 bits per heavy atom. The Morgan fingerprint density at radius 3 is 2.64 bits per heavy atom. The van der Waals surface area contributed by atoms with Gasteiger partial charge in [0.25, 0.3) is 0 Å². The molecule has 3 aliphatic rings. The monoisotopic (exact) mass is 497 g/mol. The Bertz CT molecular complexity index is 1160. The molecule has 192 valence electrons. The van der Waals surface area contributed by atoms with Crippen LogP contribution in [0.1, 0.15) is 41.5 Å². The Balaban J connectivity index is 1.26. The quantitative estimate of drug-likeness (QED) is 0.642. The molecule has 1 amide bonds. The number of carboxylic acid groups (broad SMARTS) is 1. The fourth-order valence-electron chi connectivity index (χ4n) is 6.22. The number of carbonyl (C=O) groups is 2. The fraction of sp³-hybridized carbons (Fsp3) is 0.500. The maximum Gasteiger partial charge on any atom is 0.321 e. The molecule has 2 aliphatic heterocycles. The summed E-state index contributed by atoms with van der Waals surface area (Å²) in [6.45, 7) is 4.17. The molecule has 2 N–H and O–H groups in total. The summed E-state index contributed by atoms with van der Waals surface area (Å²) in [7, 11) is 0. The van der Waals surface area contributed by atoms with Gasteiger partial charge in [0.15, 0.2) is 0 Å². The molecule has 2 heterocycles. The van der Waals surface area contributed by atoms with Crippen LogP contribution in [0.4, 0.5) is 8.78 Å². The lowest BCUT2D eigenvalue weighted by atomic mass is 9.87. The summed E-state index contributed by atoms with van der Waals surface area (Å²) in [4.78, 5) is 29.5. The fourth-order valence-corrected chi connectivity index (χ4v) is 6.22. The number of carboxylic acids is 1. The predicted molar refractivity (Wildman–Crippen MR) is 132 cm³/mol. The summed E-state index contributed by atoms with van der Waals surface area (Å²) in [6.07, 6.45) is 3.73. The third kappa shape index (κ3) is 4.89. The van der Waals surface area contributed by atoms with Crippen molar-refractivity contribution in [2.75, 3.05) is 32.7 Å². The van der Waals surface area contributed by atoms with Gasteiger partial charge in [-0.1, -0.05) is 24.3 Å². The molecule has 0 radical (unpaired) electrons. The van der Waals surface area contributed by atoms with Crippen LogP contribution in [-0.2, 0) is 28.9 Å². The van der Waals surface area contributed by atoms with Gasteiger partial charge in [0, 0.05) is 50.7 Å². The molecule has 5 rings (SSSR count). The average Bonchev–Trinajstić information content (AvgIpc) is 3.51. The number of hydrogen-bond donors (Lipinski definition) is 2. The first kappa shape index (κ1) is 24.8. The zero-order valence-corrected chi connectivity index (χ0v) is 20.6. The minimum absolute atomic E-state index is 0.0635. The number of rotatable bonds is 6. The number of amides is 1. The maximum atomic E-state index is 14.5. The minimum Gasteiger partial charge on any atom is -0.480 e. The number of aliphatic carboxylic acids is 1. The van der Waals surface area contributed by atoms with E-state index in [0.717, 1.165) is 30.9 Å². The summed E-state index contributed by atoms with van der Waals surface area (Å²) < 4.78 is 27.9. The highest BCUT2D eigenvalue weighted by Crippen LogP contribution is 2.33. The van der Waals surface area contributed by atoms with Crippen molar-refractivity contribution in [3.8, 4) is 0 Å². The largest absolute Gasteiger partial charge is 0.480 e. The van der Waals surface area contributed by atoms with E-state index in [1.54, 1.807) is 4.90 Å². The molecular formula is C28H33F2N3O3. The molecule has 0 spiro atoms. The predicted octanol–water partition coefficient (Wildman–Crippen LogP) is 2.99. The first-order valence-corrected chi connectivity index (χ1v) is 12.9.